The molecule has 25 heavy (non-hydrogen) atoms. The van der Waals surface area contributed by atoms with Crippen LogP contribution in [0.2, 0.25) is 0 Å². The Morgan fingerprint density at radius 3 is 2.60 bits per heavy atom. The molecular formula is C18H30FIN4O. The van der Waals surface area contributed by atoms with Gasteiger partial charge in [-0.25, -0.2) is 4.39 Å². The van der Waals surface area contributed by atoms with E-state index in [0.29, 0.717) is 18.5 Å². The molecule has 1 heterocycles. The summed E-state index contributed by atoms with van der Waals surface area (Å²) >= 11 is 0. The Morgan fingerprint density at radius 1 is 1.28 bits per heavy atom. The van der Waals surface area contributed by atoms with Gasteiger partial charge in [0.05, 0.1) is 13.2 Å². The highest BCUT2D eigenvalue weighted by Crippen LogP contribution is 2.12. The van der Waals surface area contributed by atoms with E-state index in [0.717, 1.165) is 44.4 Å². The predicted octanol–water partition coefficient (Wildman–Crippen LogP) is 2.47. The van der Waals surface area contributed by atoms with Crippen LogP contribution in [-0.4, -0.2) is 56.8 Å². The van der Waals surface area contributed by atoms with Gasteiger partial charge in [0.25, 0.3) is 0 Å². The number of hydrogen-bond acceptors (Lipinski definition) is 3. The molecule has 5 nitrogen and oxygen atoms in total. The van der Waals surface area contributed by atoms with Crippen molar-refractivity contribution in [2.75, 3.05) is 39.9 Å². The molecule has 1 unspecified atom stereocenters. The Bertz CT molecular complexity index is 536. The second-order valence-electron chi connectivity index (χ2n) is 6.40. The van der Waals surface area contributed by atoms with Gasteiger partial charge in [0.15, 0.2) is 5.96 Å². The normalized spacial score (nSPS) is 17.1. The number of hydrogen-bond donors (Lipinski definition) is 2. The molecule has 1 aromatic rings. The molecule has 142 valence electrons. The minimum absolute atomic E-state index is 0. The topological polar surface area (TPSA) is 48.9 Å². The highest BCUT2D eigenvalue weighted by Gasteiger charge is 2.23. The van der Waals surface area contributed by atoms with Gasteiger partial charge in [-0.05, 0) is 23.6 Å². The van der Waals surface area contributed by atoms with Gasteiger partial charge in [0, 0.05) is 39.3 Å². The zero-order chi connectivity index (χ0) is 17.4. The summed E-state index contributed by atoms with van der Waals surface area (Å²) in [4.78, 5) is 6.73. The largest absolute Gasteiger partial charge is 0.379 e. The van der Waals surface area contributed by atoms with E-state index in [9.17, 15) is 4.39 Å². The average Bonchev–Trinajstić information content (AvgIpc) is 2.58. The van der Waals surface area contributed by atoms with Gasteiger partial charge < -0.3 is 15.4 Å². The van der Waals surface area contributed by atoms with Crippen LogP contribution in [-0.2, 0) is 11.3 Å². The predicted molar refractivity (Wildman–Crippen MR) is 111 cm³/mol. The maximum absolute atomic E-state index is 13.2. The Balaban J connectivity index is 0.00000312. The van der Waals surface area contributed by atoms with Crippen LogP contribution in [0.3, 0.4) is 0 Å². The molecule has 0 radical (unpaired) electrons. The Kier molecular flexibility index (Phi) is 10.3. The summed E-state index contributed by atoms with van der Waals surface area (Å²) in [5.74, 6) is 1.06. The van der Waals surface area contributed by atoms with Gasteiger partial charge in [-0.3, -0.25) is 9.89 Å². The van der Waals surface area contributed by atoms with Crippen molar-refractivity contribution in [3.8, 4) is 0 Å². The van der Waals surface area contributed by atoms with E-state index >= 15 is 0 Å². The number of benzene rings is 1. The molecule has 1 aliphatic heterocycles. The van der Waals surface area contributed by atoms with Gasteiger partial charge in [0.2, 0.25) is 0 Å². The molecule has 0 aliphatic carbocycles. The van der Waals surface area contributed by atoms with Crippen LogP contribution in [0.5, 0.6) is 0 Å². The Morgan fingerprint density at radius 2 is 2.00 bits per heavy atom. The lowest BCUT2D eigenvalue weighted by Crippen LogP contribution is -2.52. The zero-order valence-corrected chi connectivity index (χ0v) is 17.6. The zero-order valence-electron chi connectivity index (χ0n) is 15.3. The first-order valence-electron chi connectivity index (χ1n) is 8.61. The molecule has 2 rings (SSSR count). The highest BCUT2D eigenvalue weighted by atomic mass is 127. The van der Waals surface area contributed by atoms with Crippen molar-refractivity contribution >= 4 is 29.9 Å². The van der Waals surface area contributed by atoms with Crippen LogP contribution in [0.1, 0.15) is 19.4 Å². The van der Waals surface area contributed by atoms with Gasteiger partial charge in [-0.15, -0.1) is 24.0 Å². The second kappa shape index (κ2) is 11.6. The smallest absolute Gasteiger partial charge is 0.191 e. The lowest BCUT2D eigenvalue weighted by molar-refractivity contribution is 0.00752. The van der Waals surface area contributed by atoms with Crippen molar-refractivity contribution < 1.29 is 9.13 Å². The molecule has 0 bridgehead atoms. The van der Waals surface area contributed by atoms with Crippen molar-refractivity contribution in [1.29, 1.82) is 0 Å². The summed E-state index contributed by atoms with van der Waals surface area (Å²) in [6, 6.07) is 7.03. The van der Waals surface area contributed by atoms with Crippen molar-refractivity contribution in [3.05, 3.63) is 35.6 Å². The molecule has 7 heteroatoms. The molecule has 0 aromatic heterocycles. The van der Waals surface area contributed by atoms with E-state index in [4.69, 9.17) is 4.74 Å². The van der Waals surface area contributed by atoms with E-state index in [2.05, 4.69) is 34.4 Å². The molecule has 2 N–H and O–H groups in total. The molecule has 1 saturated heterocycles. The quantitative estimate of drug-likeness (QED) is 0.386. The van der Waals surface area contributed by atoms with E-state index < -0.39 is 0 Å². The third kappa shape index (κ3) is 7.45. The number of ether oxygens (including phenoxy) is 1. The van der Waals surface area contributed by atoms with Crippen molar-refractivity contribution in [2.24, 2.45) is 10.9 Å². The van der Waals surface area contributed by atoms with Crippen LogP contribution < -0.4 is 10.6 Å². The third-order valence-corrected chi connectivity index (χ3v) is 4.34. The monoisotopic (exact) mass is 464 g/mol. The fraction of sp³-hybridized carbons (Fsp3) is 0.611. The lowest BCUT2D eigenvalue weighted by atomic mass is 10.0. The first kappa shape index (κ1) is 22.1. The van der Waals surface area contributed by atoms with Gasteiger partial charge >= 0.3 is 0 Å². The fourth-order valence-electron chi connectivity index (χ4n) is 2.95. The Hall–Kier alpha value is -0.930. The maximum Gasteiger partial charge on any atom is 0.191 e. The minimum Gasteiger partial charge on any atom is -0.379 e. The number of halogens is 2. The SMILES string of the molecule is CN=C(NCc1cccc(F)c1)NCC(C(C)C)N1CCOCC1.I. The lowest BCUT2D eigenvalue weighted by Gasteiger charge is -2.37. The van der Waals surface area contributed by atoms with Gasteiger partial charge in [-0.2, -0.15) is 0 Å². The number of rotatable bonds is 6. The molecule has 1 atom stereocenters. The minimum atomic E-state index is -0.218. The summed E-state index contributed by atoms with van der Waals surface area (Å²) in [5.41, 5.74) is 0.895. The molecule has 1 aromatic carbocycles. The van der Waals surface area contributed by atoms with Crippen molar-refractivity contribution in [3.63, 3.8) is 0 Å². The summed E-state index contributed by atoms with van der Waals surface area (Å²) < 4.78 is 18.7. The molecule has 1 aliphatic rings. The van der Waals surface area contributed by atoms with E-state index in [1.54, 1.807) is 13.1 Å². The van der Waals surface area contributed by atoms with E-state index in [1.807, 2.05) is 6.07 Å². The second-order valence-corrected chi connectivity index (χ2v) is 6.40. The van der Waals surface area contributed by atoms with Crippen LogP contribution in [0.15, 0.2) is 29.3 Å². The molecule has 1 fully saturated rings. The summed E-state index contributed by atoms with van der Waals surface area (Å²) in [6.45, 7) is 9.39. The fourth-order valence-corrected chi connectivity index (χ4v) is 2.95. The highest BCUT2D eigenvalue weighted by molar-refractivity contribution is 14.0. The average molecular weight is 464 g/mol. The molecular weight excluding hydrogens is 434 g/mol. The van der Waals surface area contributed by atoms with Gasteiger partial charge in [0.1, 0.15) is 5.82 Å². The van der Waals surface area contributed by atoms with Crippen LogP contribution >= 0.6 is 24.0 Å². The number of aliphatic imine (C=N–C) groups is 1. The summed E-state index contributed by atoms with van der Waals surface area (Å²) in [5, 5.41) is 6.63. The van der Waals surface area contributed by atoms with Crippen molar-refractivity contribution in [1.82, 2.24) is 15.5 Å². The van der Waals surface area contributed by atoms with Crippen LogP contribution in [0.4, 0.5) is 4.39 Å². The third-order valence-electron chi connectivity index (χ3n) is 4.34. The summed E-state index contributed by atoms with van der Waals surface area (Å²) in [7, 11) is 1.75. The van der Waals surface area contributed by atoms with Crippen LogP contribution in [0, 0.1) is 11.7 Å². The Labute approximate surface area is 167 Å². The first-order chi connectivity index (χ1) is 11.6. The van der Waals surface area contributed by atoms with E-state index in [1.165, 1.54) is 12.1 Å². The maximum atomic E-state index is 13.2. The molecule has 0 saturated carbocycles. The number of nitrogens with one attached hydrogen (secondary N) is 2. The van der Waals surface area contributed by atoms with Crippen LogP contribution in [0.25, 0.3) is 0 Å². The summed E-state index contributed by atoms with van der Waals surface area (Å²) in [6.07, 6.45) is 0. The number of guanidine groups is 1. The van der Waals surface area contributed by atoms with Crippen molar-refractivity contribution in [2.45, 2.75) is 26.4 Å². The standard InChI is InChI=1S/C18H29FN4O.HI/c1-14(2)17(23-7-9-24-10-8-23)13-22-18(20-3)21-12-15-5-4-6-16(19)11-15;/h4-6,11,14,17H,7-10,12-13H2,1-3H3,(H2,20,21,22);1H. The molecule has 0 amide bonds. The van der Waals surface area contributed by atoms with E-state index in [-0.39, 0.29) is 29.8 Å². The first-order valence-corrected chi connectivity index (χ1v) is 8.61. The molecule has 0 spiro atoms. The number of morpholine rings is 1. The van der Waals surface area contributed by atoms with Gasteiger partial charge in [-0.1, -0.05) is 26.0 Å². The number of nitrogens with zero attached hydrogens (tertiary/aromatic N) is 2.